The zero-order valence-corrected chi connectivity index (χ0v) is 12.9. The molecule has 3 N–H and O–H groups in total. The Morgan fingerprint density at radius 2 is 2.26 bits per heavy atom. The van der Waals surface area contributed by atoms with E-state index >= 15 is 0 Å². The largest absolute Gasteiger partial charge is 0.271 e. The van der Waals surface area contributed by atoms with E-state index in [-0.39, 0.29) is 17.2 Å². The molecule has 3 atom stereocenters. The average Bonchev–Trinajstić information content (AvgIpc) is 2.76. The lowest BCUT2D eigenvalue weighted by molar-refractivity contribution is 0.276. The minimum Gasteiger partial charge on any atom is -0.271 e. The molecule has 0 bridgehead atoms. The van der Waals surface area contributed by atoms with E-state index < -0.39 is 9.84 Å². The van der Waals surface area contributed by atoms with E-state index in [4.69, 9.17) is 5.84 Å². The van der Waals surface area contributed by atoms with Gasteiger partial charge in [-0.05, 0) is 32.1 Å². The molecule has 19 heavy (non-hydrogen) atoms. The molecule has 1 fully saturated rings. The van der Waals surface area contributed by atoms with Gasteiger partial charge in [0.2, 0.25) is 0 Å². The van der Waals surface area contributed by atoms with Gasteiger partial charge in [0.1, 0.15) is 9.84 Å². The van der Waals surface area contributed by atoms with Gasteiger partial charge in [-0.3, -0.25) is 11.3 Å². The van der Waals surface area contributed by atoms with E-state index in [1.807, 2.05) is 12.4 Å². The van der Waals surface area contributed by atoms with Crippen LogP contribution < -0.4 is 11.3 Å². The van der Waals surface area contributed by atoms with Crippen LogP contribution >= 0.6 is 11.3 Å². The first-order chi connectivity index (χ1) is 8.93. The Morgan fingerprint density at radius 3 is 2.79 bits per heavy atom. The molecule has 1 heterocycles. The molecule has 0 saturated heterocycles. The van der Waals surface area contributed by atoms with Gasteiger partial charge in [0.05, 0.1) is 22.5 Å². The fraction of sp³-hybridized carbons (Fsp3) is 0.750. The van der Waals surface area contributed by atoms with E-state index in [1.54, 1.807) is 11.3 Å². The van der Waals surface area contributed by atoms with Crippen LogP contribution in [0.4, 0.5) is 0 Å². The molecule has 1 saturated carbocycles. The fourth-order valence-corrected chi connectivity index (χ4v) is 5.05. The van der Waals surface area contributed by atoms with Crippen LogP contribution in [0.2, 0.25) is 0 Å². The van der Waals surface area contributed by atoms with E-state index in [2.05, 4.69) is 10.4 Å². The van der Waals surface area contributed by atoms with Crippen LogP contribution in [-0.2, 0) is 9.84 Å². The molecular weight excluding hydrogens is 282 g/mol. The summed E-state index contributed by atoms with van der Waals surface area (Å²) in [6, 6.07) is 0.0112. The summed E-state index contributed by atoms with van der Waals surface area (Å²) in [7, 11) is -2.96. The van der Waals surface area contributed by atoms with Crippen molar-refractivity contribution >= 4 is 21.2 Å². The number of thiazole rings is 1. The second-order valence-electron chi connectivity index (χ2n) is 5.32. The quantitative estimate of drug-likeness (QED) is 0.651. The topological polar surface area (TPSA) is 85.1 Å². The number of nitrogens with zero attached hydrogens (tertiary/aromatic N) is 1. The van der Waals surface area contributed by atoms with Crippen LogP contribution in [0.5, 0.6) is 0 Å². The van der Waals surface area contributed by atoms with Crippen molar-refractivity contribution in [1.82, 2.24) is 10.4 Å². The van der Waals surface area contributed by atoms with Crippen LogP contribution in [0.3, 0.4) is 0 Å². The molecule has 1 aliphatic carbocycles. The summed E-state index contributed by atoms with van der Waals surface area (Å²) in [5.41, 5.74) is 5.65. The van der Waals surface area contributed by atoms with Crippen molar-refractivity contribution in [2.75, 3.05) is 6.26 Å². The Labute approximate surface area is 118 Å². The third-order valence-corrected chi connectivity index (χ3v) is 6.64. The standard InChI is InChI=1S/C12H21N3O2S2/c1-8-12(18-7-14-8)11(15-13)9-4-3-5-10(6-9)19(2,16)17/h7,9-11,15H,3-6,13H2,1-2H3. The molecule has 3 unspecified atom stereocenters. The maximum absolute atomic E-state index is 11.7. The van der Waals surface area contributed by atoms with Crippen molar-refractivity contribution in [3.63, 3.8) is 0 Å². The maximum Gasteiger partial charge on any atom is 0.150 e. The zero-order chi connectivity index (χ0) is 14.0. The lowest BCUT2D eigenvalue weighted by atomic mass is 9.83. The number of hydrogen-bond acceptors (Lipinski definition) is 6. The van der Waals surface area contributed by atoms with Gasteiger partial charge in [0.15, 0.2) is 0 Å². The Hall–Kier alpha value is -0.500. The Bertz CT molecular complexity index is 527. The predicted molar refractivity (Wildman–Crippen MR) is 77.5 cm³/mol. The predicted octanol–water partition coefficient (Wildman–Crippen LogP) is 1.56. The van der Waals surface area contributed by atoms with Crippen molar-refractivity contribution < 1.29 is 8.42 Å². The lowest BCUT2D eigenvalue weighted by Crippen LogP contribution is -2.38. The van der Waals surface area contributed by atoms with Gasteiger partial charge in [-0.25, -0.2) is 13.4 Å². The summed E-state index contributed by atoms with van der Waals surface area (Å²) < 4.78 is 23.5. The number of aryl methyl sites for hydroxylation is 1. The number of hydrazine groups is 1. The highest BCUT2D eigenvalue weighted by Gasteiger charge is 2.34. The number of aromatic nitrogens is 1. The molecule has 1 aliphatic rings. The minimum absolute atomic E-state index is 0.0112. The highest BCUT2D eigenvalue weighted by Crippen LogP contribution is 2.38. The second-order valence-corrected chi connectivity index (χ2v) is 8.54. The Morgan fingerprint density at radius 1 is 1.53 bits per heavy atom. The second kappa shape index (κ2) is 5.87. The molecular formula is C12H21N3O2S2. The van der Waals surface area contributed by atoms with Crippen molar-refractivity contribution in [3.05, 3.63) is 16.1 Å². The number of rotatable bonds is 4. The van der Waals surface area contributed by atoms with E-state index in [0.717, 1.165) is 29.8 Å². The van der Waals surface area contributed by atoms with Gasteiger partial charge in [-0.1, -0.05) is 6.42 Å². The highest BCUT2D eigenvalue weighted by molar-refractivity contribution is 7.91. The highest BCUT2D eigenvalue weighted by atomic mass is 32.2. The smallest absolute Gasteiger partial charge is 0.150 e. The van der Waals surface area contributed by atoms with E-state index in [0.29, 0.717) is 6.42 Å². The van der Waals surface area contributed by atoms with Crippen molar-refractivity contribution in [2.45, 2.75) is 43.9 Å². The first kappa shape index (κ1) is 14.9. The molecule has 0 aliphatic heterocycles. The lowest BCUT2D eigenvalue weighted by Gasteiger charge is -2.33. The molecule has 1 aromatic heterocycles. The number of nitrogens with two attached hydrogens (primary N) is 1. The molecule has 0 amide bonds. The van der Waals surface area contributed by atoms with Gasteiger partial charge < -0.3 is 0 Å². The zero-order valence-electron chi connectivity index (χ0n) is 11.3. The van der Waals surface area contributed by atoms with Crippen LogP contribution in [0.15, 0.2) is 5.51 Å². The molecule has 1 aromatic rings. The number of hydrogen-bond donors (Lipinski definition) is 2. The molecule has 108 valence electrons. The summed E-state index contributed by atoms with van der Waals surface area (Å²) in [5, 5.41) is -0.227. The van der Waals surface area contributed by atoms with Crippen LogP contribution in [0.25, 0.3) is 0 Å². The molecule has 2 rings (SSSR count). The fourth-order valence-electron chi connectivity index (χ4n) is 2.91. The average molecular weight is 303 g/mol. The molecule has 5 nitrogen and oxygen atoms in total. The van der Waals surface area contributed by atoms with Crippen LogP contribution in [0.1, 0.15) is 42.3 Å². The van der Waals surface area contributed by atoms with E-state index in [1.165, 1.54) is 6.26 Å². The van der Waals surface area contributed by atoms with Crippen molar-refractivity contribution in [3.8, 4) is 0 Å². The van der Waals surface area contributed by atoms with Crippen molar-refractivity contribution in [1.29, 1.82) is 0 Å². The summed E-state index contributed by atoms with van der Waals surface area (Å²) in [6.45, 7) is 1.97. The first-order valence-corrected chi connectivity index (χ1v) is 9.32. The minimum atomic E-state index is -2.96. The summed E-state index contributed by atoms with van der Waals surface area (Å²) in [4.78, 5) is 5.38. The van der Waals surface area contributed by atoms with Crippen LogP contribution in [0, 0.1) is 12.8 Å². The van der Waals surface area contributed by atoms with Gasteiger partial charge in [-0.2, -0.15) is 0 Å². The molecule has 7 heteroatoms. The van der Waals surface area contributed by atoms with Gasteiger partial charge >= 0.3 is 0 Å². The summed E-state index contributed by atoms with van der Waals surface area (Å²) in [5.74, 6) is 5.96. The van der Waals surface area contributed by atoms with E-state index in [9.17, 15) is 8.42 Å². The third kappa shape index (κ3) is 3.34. The SMILES string of the molecule is Cc1ncsc1C(NN)C1CCCC(S(C)(=O)=O)C1. The normalized spacial score (nSPS) is 26.3. The summed E-state index contributed by atoms with van der Waals surface area (Å²) >= 11 is 1.58. The number of sulfone groups is 1. The molecule has 0 spiro atoms. The van der Waals surface area contributed by atoms with Gasteiger partial charge in [0, 0.05) is 11.1 Å². The van der Waals surface area contributed by atoms with Gasteiger partial charge in [0.25, 0.3) is 0 Å². The first-order valence-electron chi connectivity index (χ1n) is 6.48. The summed E-state index contributed by atoms with van der Waals surface area (Å²) in [6.07, 6.45) is 4.75. The Kier molecular flexibility index (Phi) is 4.60. The van der Waals surface area contributed by atoms with Crippen molar-refractivity contribution in [2.24, 2.45) is 11.8 Å². The Balaban J connectivity index is 2.18. The molecule has 0 radical (unpaired) electrons. The third-order valence-electron chi connectivity index (χ3n) is 3.99. The van der Waals surface area contributed by atoms with Crippen LogP contribution in [-0.4, -0.2) is 24.9 Å². The monoisotopic (exact) mass is 303 g/mol. The maximum atomic E-state index is 11.7. The molecule has 0 aromatic carbocycles. The number of nitrogens with one attached hydrogen (secondary N) is 1. The van der Waals surface area contributed by atoms with Gasteiger partial charge in [-0.15, -0.1) is 11.3 Å².